The van der Waals surface area contributed by atoms with Crippen LogP contribution in [0.4, 0.5) is 5.69 Å². The van der Waals surface area contributed by atoms with Crippen molar-refractivity contribution in [3.8, 4) is 5.75 Å². The molecule has 2 aromatic rings. The fourth-order valence-electron chi connectivity index (χ4n) is 1.77. The molecule has 2 rings (SSSR count). The Morgan fingerprint density at radius 3 is 2.86 bits per heavy atom. The van der Waals surface area contributed by atoms with Crippen molar-refractivity contribution < 1.29 is 14.6 Å². The third-order valence-corrected chi connectivity index (χ3v) is 3.39. The van der Waals surface area contributed by atoms with Gasteiger partial charge in [-0.2, -0.15) is 5.10 Å². The molecule has 0 aliphatic rings. The van der Waals surface area contributed by atoms with E-state index in [0.29, 0.717) is 12.3 Å². The Kier molecular flexibility index (Phi) is 5.55. The summed E-state index contributed by atoms with van der Waals surface area (Å²) >= 11 is 3.44. The molecule has 0 aliphatic carbocycles. The molecule has 6 heteroatoms. The molecule has 2 N–H and O–H groups in total. The van der Waals surface area contributed by atoms with Crippen LogP contribution in [0.25, 0.3) is 0 Å². The molecule has 0 spiro atoms. The highest BCUT2D eigenvalue weighted by molar-refractivity contribution is 9.10. The molecule has 0 bridgehead atoms. The lowest BCUT2D eigenvalue weighted by Crippen LogP contribution is -1.98. The number of hydrogen-bond donors (Lipinski definition) is 2. The predicted octanol–water partition coefficient (Wildman–Crippen LogP) is 3.99. The number of nitrogens with zero attached hydrogens (tertiary/aromatic N) is 1. The van der Waals surface area contributed by atoms with Crippen LogP contribution in [0, 0.1) is 0 Å². The average molecular weight is 363 g/mol. The number of halogens is 1. The van der Waals surface area contributed by atoms with E-state index in [1.54, 1.807) is 18.3 Å². The highest BCUT2D eigenvalue weighted by Crippen LogP contribution is 2.25. The van der Waals surface area contributed by atoms with Crippen LogP contribution in [0.15, 0.2) is 52.0 Å². The van der Waals surface area contributed by atoms with E-state index in [2.05, 4.69) is 26.5 Å². The summed E-state index contributed by atoms with van der Waals surface area (Å²) in [5.74, 6) is -0.190. The molecular formula is C16H15BrN2O3. The fraction of sp³-hybridized carbons (Fsp3) is 0.125. The molecule has 0 unspecified atom stereocenters. The van der Waals surface area contributed by atoms with Crippen molar-refractivity contribution in [2.24, 2.45) is 5.10 Å². The maximum absolute atomic E-state index is 10.9. The lowest BCUT2D eigenvalue weighted by Gasteiger charge is -2.06. The van der Waals surface area contributed by atoms with Crippen molar-refractivity contribution in [1.29, 1.82) is 0 Å². The van der Waals surface area contributed by atoms with E-state index in [4.69, 9.17) is 9.84 Å². The van der Waals surface area contributed by atoms with Gasteiger partial charge in [0.05, 0.1) is 28.5 Å². The molecule has 0 heterocycles. The Balaban J connectivity index is 2.05. The Morgan fingerprint density at radius 2 is 2.18 bits per heavy atom. The Bertz CT molecular complexity index is 702. The molecular weight excluding hydrogens is 348 g/mol. The zero-order valence-corrected chi connectivity index (χ0v) is 13.5. The summed E-state index contributed by atoms with van der Waals surface area (Å²) in [6.45, 7) is 2.53. The van der Waals surface area contributed by atoms with Gasteiger partial charge in [-0.05, 0) is 64.8 Å². The quantitative estimate of drug-likeness (QED) is 0.601. The number of carbonyl (C=O) groups is 1. The van der Waals surface area contributed by atoms with Crippen LogP contribution in [-0.4, -0.2) is 23.9 Å². The van der Waals surface area contributed by atoms with Gasteiger partial charge in [0.15, 0.2) is 0 Å². The van der Waals surface area contributed by atoms with E-state index >= 15 is 0 Å². The molecule has 0 saturated heterocycles. The number of hydrogen-bond acceptors (Lipinski definition) is 4. The van der Waals surface area contributed by atoms with Gasteiger partial charge >= 0.3 is 5.97 Å². The topological polar surface area (TPSA) is 70.9 Å². The second kappa shape index (κ2) is 7.61. The number of benzene rings is 2. The molecule has 22 heavy (non-hydrogen) atoms. The van der Waals surface area contributed by atoms with E-state index in [-0.39, 0.29) is 5.56 Å². The predicted molar refractivity (Wildman–Crippen MR) is 89.9 cm³/mol. The highest BCUT2D eigenvalue weighted by Gasteiger charge is 2.02. The summed E-state index contributed by atoms with van der Waals surface area (Å²) in [6, 6.07) is 12.1. The average Bonchev–Trinajstić information content (AvgIpc) is 2.50. The van der Waals surface area contributed by atoms with Gasteiger partial charge in [-0.25, -0.2) is 4.79 Å². The van der Waals surface area contributed by atoms with Gasteiger partial charge in [-0.1, -0.05) is 6.07 Å². The summed E-state index contributed by atoms with van der Waals surface area (Å²) in [4.78, 5) is 10.9. The van der Waals surface area contributed by atoms with Crippen molar-refractivity contribution >= 4 is 33.8 Å². The lowest BCUT2D eigenvalue weighted by atomic mass is 10.2. The Hall–Kier alpha value is -2.34. The van der Waals surface area contributed by atoms with E-state index in [1.807, 2.05) is 25.1 Å². The molecule has 0 fully saturated rings. The lowest BCUT2D eigenvalue weighted by molar-refractivity contribution is 0.0697. The fourth-order valence-corrected chi connectivity index (χ4v) is 2.28. The molecule has 0 amide bonds. The largest absolute Gasteiger partial charge is 0.493 e. The SMILES string of the molecule is CCOc1ccc(/C=N/Nc2cccc(C(=O)O)c2)cc1Br. The summed E-state index contributed by atoms with van der Waals surface area (Å²) < 4.78 is 6.29. The van der Waals surface area contributed by atoms with E-state index in [0.717, 1.165) is 15.8 Å². The van der Waals surface area contributed by atoms with Gasteiger partial charge in [0.2, 0.25) is 0 Å². The number of rotatable bonds is 6. The first-order valence-electron chi connectivity index (χ1n) is 6.65. The summed E-state index contributed by atoms with van der Waals surface area (Å²) in [5, 5.41) is 13.0. The summed E-state index contributed by atoms with van der Waals surface area (Å²) in [5.41, 5.74) is 4.52. The normalized spacial score (nSPS) is 10.6. The molecule has 5 nitrogen and oxygen atoms in total. The molecule has 2 aromatic carbocycles. The van der Waals surface area contributed by atoms with Crippen LogP contribution in [0.3, 0.4) is 0 Å². The standard InChI is InChI=1S/C16H15BrN2O3/c1-2-22-15-7-6-11(8-14(15)17)10-18-19-13-5-3-4-12(9-13)16(20)21/h3-10,19H,2H2,1H3,(H,20,21)/b18-10+. The first-order valence-corrected chi connectivity index (χ1v) is 7.44. The molecule has 0 aliphatic heterocycles. The van der Waals surface area contributed by atoms with Crippen LogP contribution in [0.1, 0.15) is 22.8 Å². The number of aromatic carboxylic acids is 1. The zero-order valence-electron chi connectivity index (χ0n) is 11.9. The monoisotopic (exact) mass is 362 g/mol. The first-order chi connectivity index (χ1) is 10.6. The number of ether oxygens (including phenoxy) is 1. The van der Waals surface area contributed by atoms with Gasteiger partial charge in [0, 0.05) is 0 Å². The summed E-state index contributed by atoms with van der Waals surface area (Å²) in [6.07, 6.45) is 1.65. The number of hydrazone groups is 1. The van der Waals surface area contributed by atoms with Crippen LogP contribution >= 0.6 is 15.9 Å². The van der Waals surface area contributed by atoms with E-state index < -0.39 is 5.97 Å². The number of nitrogens with one attached hydrogen (secondary N) is 1. The van der Waals surface area contributed by atoms with Crippen molar-refractivity contribution in [1.82, 2.24) is 0 Å². The maximum Gasteiger partial charge on any atom is 0.335 e. The minimum Gasteiger partial charge on any atom is -0.493 e. The van der Waals surface area contributed by atoms with Crippen LogP contribution < -0.4 is 10.2 Å². The second-order valence-electron chi connectivity index (χ2n) is 4.38. The minimum absolute atomic E-state index is 0.212. The number of carboxylic acid groups (broad SMARTS) is 1. The van der Waals surface area contributed by atoms with E-state index in [9.17, 15) is 4.79 Å². The summed E-state index contributed by atoms with van der Waals surface area (Å²) in [7, 11) is 0. The minimum atomic E-state index is -0.969. The van der Waals surface area contributed by atoms with Crippen molar-refractivity contribution in [3.05, 3.63) is 58.1 Å². The number of anilines is 1. The maximum atomic E-state index is 10.9. The van der Waals surface area contributed by atoms with Crippen LogP contribution in [0.2, 0.25) is 0 Å². The van der Waals surface area contributed by atoms with Gasteiger partial charge < -0.3 is 9.84 Å². The van der Waals surface area contributed by atoms with Gasteiger partial charge in [-0.3, -0.25) is 5.43 Å². The van der Waals surface area contributed by atoms with Crippen LogP contribution in [0.5, 0.6) is 5.75 Å². The van der Waals surface area contributed by atoms with Gasteiger partial charge in [-0.15, -0.1) is 0 Å². The third kappa shape index (κ3) is 4.33. The van der Waals surface area contributed by atoms with Gasteiger partial charge in [0.25, 0.3) is 0 Å². The molecule has 114 valence electrons. The second-order valence-corrected chi connectivity index (χ2v) is 5.23. The zero-order chi connectivity index (χ0) is 15.9. The van der Waals surface area contributed by atoms with Gasteiger partial charge in [0.1, 0.15) is 5.75 Å². The molecule has 0 atom stereocenters. The Labute approximate surface area is 136 Å². The smallest absolute Gasteiger partial charge is 0.335 e. The third-order valence-electron chi connectivity index (χ3n) is 2.77. The number of carboxylic acids is 1. The molecule has 0 radical (unpaired) electrons. The molecule has 0 saturated carbocycles. The van der Waals surface area contributed by atoms with Crippen molar-refractivity contribution in [3.63, 3.8) is 0 Å². The van der Waals surface area contributed by atoms with E-state index in [1.165, 1.54) is 12.1 Å². The highest BCUT2D eigenvalue weighted by atomic mass is 79.9. The van der Waals surface area contributed by atoms with Crippen molar-refractivity contribution in [2.45, 2.75) is 6.92 Å². The first kappa shape index (κ1) is 16.0. The molecule has 0 aromatic heterocycles. The van der Waals surface area contributed by atoms with Crippen LogP contribution in [-0.2, 0) is 0 Å². The Morgan fingerprint density at radius 1 is 1.36 bits per heavy atom. The van der Waals surface area contributed by atoms with Crippen molar-refractivity contribution in [2.75, 3.05) is 12.0 Å².